The number of barbiturate groups is 1. The van der Waals surface area contributed by atoms with Crippen LogP contribution in [0.1, 0.15) is 12.5 Å². The lowest BCUT2D eigenvalue weighted by Gasteiger charge is -2.26. The Morgan fingerprint density at radius 1 is 1.13 bits per heavy atom. The van der Waals surface area contributed by atoms with Crippen molar-refractivity contribution in [1.82, 2.24) is 5.32 Å². The van der Waals surface area contributed by atoms with Crippen LogP contribution in [0.4, 0.5) is 16.2 Å². The van der Waals surface area contributed by atoms with Gasteiger partial charge in [-0.3, -0.25) is 25.0 Å². The predicted molar refractivity (Wildman–Crippen MR) is 106 cm³/mol. The van der Waals surface area contributed by atoms with Gasteiger partial charge < -0.3 is 9.47 Å². The number of nitrogens with zero attached hydrogens (tertiary/aromatic N) is 2. The van der Waals surface area contributed by atoms with Crippen LogP contribution < -0.4 is 19.7 Å². The summed E-state index contributed by atoms with van der Waals surface area (Å²) in [6.07, 6.45) is 1.18. The Kier molecular flexibility index (Phi) is 5.77. The van der Waals surface area contributed by atoms with E-state index in [-0.39, 0.29) is 28.3 Å². The fourth-order valence-corrected chi connectivity index (χ4v) is 2.86. The van der Waals surface area contributed by atoms with Crippen molar-refractivity contribution in [3.63, 3.8) is 0 Å². The molecule has 0 aromatic heterocycles. The summed E-state index contributed by atoms with van der Waals surface area (Å²) in [5.41, 5.74) is -0.208. The van der Waals surface area contributed by atoms with Gasteiger partial charge in [-0.25, -0.2) is 9.69 Å². The molecule has 1 aliphatic heterocycles. The fraction of sp³-hybridized carbons (Fsp3) is 0.150. The first-order valence-electron chi connectivity index (χ1n) is 8.82. The van der Waals surface area contributed by atoms with Crippen LogP contribution in [0.2, 0.25) is 0 Å². The molecule has 1 aliphatic rings. The van der Waals surface area contributed by atoms with E-state index in [4.69, 9.17) is 9.47 Å². The van der Waals surface area contributed by atoms with Crippen molar-refractivity contribution in [2.45, 2.75) is 6.92 Å². The van der Waals surface area contributed by atoms with Gasteiger partial charge in [0.2, 0.25) is 0 Å². The molecule has 1 fully saturated rings. The van der Waals surface area contributed by atoms with Crippen molar-refractivity contribution in [3.05, 3.63) is 63.7 Å². The third-order valence-electron chi connectivity index (χ3n) is 4.22. The van der Waals surface area contributed by atoms with Gasteiger partial charge in [0.25, 0.3) is 11.8 Å². The summed E-state index contributed by atoms with van der Waals surface area (Å²) < 4.78 is 10.3. The quantitative estimate of drug-likeness (QED) is 0.335. The van der Waals surface area contributed by atoms with Gasteiger partial charge in [0.05, 0.1) is 24.3 Å². The Labute approximate surface area is 170 Å². The number of carbonyl (C=O) groups excluding carboxylic acids is 3. The molecule has 0 spiro atoms. The largest absolute Gasteiger partial charge is 0.494 e. The molecule has 0 bridgehead atoms. The van der Waals surface area contributed by atoms with Crippen molar-refractivity contribution in [2.75, 3.05) is 18.6 Å². The van der Waals surface area contributed by atoms with Gasteiger partial charge >= 0.3 is 11.7 Å². The van der Waals surface area contributed by atoms with Gasteiger partial charge in [-0.2, -0.15) is 0 Å². The van der Waals surface area contributed by atoms with Crippen LogP contribution in [0.5, 0.6) is 11.5 Å². The number of carbonyl (C=O) groups is 3. The topological polar surface area (TPSA) is 128 Å². The van der Waals surface area contributed by atoms with E-state index in [1.54, 1.807) is 12.1 Å². The molecule has 4 amide bonds. The third-order valence-corrected chi connectivity index (χ3v) is 4.22. The number of nitro benzene ring substituents is 1. The van der Waals surface area contributed by atoms with Crippen molar-refractivity contribution in [1.29, 1.82) is 0 Å². The molecule has 0 atom stereocenters. The van der Waals surface area contributed by atoms with E-state index in [1.165, 1.54) is 43.5 Å². The highest BCUT2D eigenvalue weighted by atomic mass is 16.6. The van der Waals surface area contributed by atoms with Crippen LogP contribution in [0.15, 0.2) is 48.0 Å². The Hall–Kier alpha value is -4.21. The van der Waals surface area contributed by atoms with E-state index in [2.05, 4.69) is 5.32 Å². The second-order valence-corrected chi connectivity index (χ2v) is 6.07. The maximum absolute atomic E-state index is 12.9. The first kappa shape index (κ1) is 20.5. The smallest absolute Gasteiger partial charge is 0.335 e. The molecule has 1 saturated heterocycles. The number of ether oxygens (including phenoxy) is 2. The Bertz CT molecular complexity index is 1060. The fourth-order valence-electron chi connectivity index (χ4n) is 2.86. The van der Waals surface area contributed by atoms with Crippen LogP contribution in [-0.4, -0.2) is 36.5 Å². The van der Waals surface area contributed by atoms with Gasteiger partial charge in [0, 0.05) is 6.07 Å². The van der Waals surface area contributed by atoms with Crippen LogP contribution in [0.3, 0.4) is 0 Å². The number of anilines is 1. The van der Waals surface area contributed by atoms with E-state index in [1.807, 2.05) is 6.92 Å². The second-order valence-electron chi connectivity index (χ2n) is 6.07. The molecule has 10 nitrogen and oxygen atoms in total. The Morgan fingerprint density at radius 2 is 1.83 bits per heavy atom. The molecule has 2 aromatic rings. The molecular formula is C20H17N3O7. The summed E-state index contributed by atoms with van der Waals surface area (Å²) in [5.74, 6) is -1.16. The minimum atomic E-state index is -0.898. The van der Waals surface area contributed by atoms with E-state index < -0.39 is 22.8 Å². The minimum absolute atomic E-state index is 0.0350. The maximum Gasteiger partial charge on any atom is 0.335 e. The van der Waals surface area contributed by atoms with Gasteiger partial charge in [-0.1, -0.05) is 6.07 Å². The zero-order chi connectivity index (χ0) is 21.8. The van der Waals surface area contributed by atoms with E-state index >= 15 is 0 Å². The standard InChI is InChI=1S/C20H17N3O7/c1-3-30-14-7-5-13(6-8-14)22-19(25)15(18(24)21-20(22)26)10-12-4-9-17(29-2)16(11-12)23(27)28/h4-11H,3H2,1-2H3,(H,21,24,26). The number of nitro groups is 1. The van der Waals surface area contributed by atoms with Gasteiger partial charge in [-0.05, 0) is 48.9 Å². The van der Waals surface area contributed by atoms with Crippen molar-refractivity contribution in [3.8, 4) is 11.5 Å². The molecule has 154 valence electrons. The monoisotopic (exact) mass is 411 g/mol. The lowest BCUT2D eigenvalue weighted by Crippen LogP contribution is -2.54. The van der Waals surface area contributed by atoms with Gasteiger partial charge in [0.15, 0.2) is 5.75 Å². The summed E-state index contributed by atoms with van der Waals surface area (Å²) in [6.45, 7) is 2.28. The molecule has 0 radical (unpaired) electrons. The lowest BCUT2D eigenvalue weighted by atomic mass is 10.1. The number of benzene rings is 2. The number of amides is 4. The highest BCUT2D eigenvalue weighted by Crippen LogP contribution is 2.29. The van der Waals surface area contributed by atoms with E-state index in [9.17, 15) is 24.5 Å². The number of hydrogen-bond acceptors (Lipinski definition) is 7. The summed E-state index contributed by atoms with van der Waals surface area (Å²) >= 11 is 0. The summed E-state index contributed by atoms with van der Waals surface area (Å²) in [4.78, 5) is 48.8. The van der Waals surface area contributed by atoms with E-state index in [0.29, 0.717) is 12.4 Å². The highest BCUT2D eigenvalue weighted by Gasteiger charge is 2.37. The van der Waals surface area contributed by atoms with Crippen molar-refractivity contribution >= 4 is 35.3 Å². The molecular weight excluding hydrogens is 394 g/mol. The molecule has 0 unspecified atom stereocenters. The Morgan fingerprint density at radius 3 is 2.43 bits per heavy atom. The number of hydrogen-bond donors (Lipinski definition) is 1. The zero-order valence-electron chi connectivity index (χ0n) is 16.1. The predicted octanol–water partition coefficient (Wildman–Crippen LogP) is 2.67. The first-order chi connectivity index (χ1) is 14.3. The lowest BCUT2D eigenvalue weighted by molar-refractivity contribution is -0.385. The number of methoxy groups -OCH3 is 1. The Balaban J connectivity index is 1.98. The van der Waals surface area contributed by atoms with Crippen molar-refractivity contribution in [2.24, 2.45) is 0 Å². The second kappa shape index (κ2) is 8.43. The molecule has 3 rings (SSSR count). The molecule has 2 aromatic carbocycles. The van der Waals surface area contributed by atoms with Crippen LogP contribution >= 0.6 is 0 Å². The van der Waals surface area contributed by atoms with Crippen molar-refractivity contribution < 1.29 is 28.8 Å². The normalized spacial score (nSPS) is 15.2. The van der Waals surface area contributed by atoms with Crippen LogP contribution in [0.25, 0.3) is 6.08 Å². The van der Waals surface area contributed by atoms with Gasteiger partial charge in [0.1, 0.15) is 11.3 Å². The highest BCUT2D eigenvalue weighted by molar-refractivity contribution is 6.39. The van der Waals surface area contributed by atoms with Crippen LogP contribution in [0, 0.1) is 10.1 Å². The number of urea groups is 1. The van der Waals surface area contributed by atoms with E-state index in [0.717, 1.165) is 4.90 Å². The molecule has 10 heteroatoms. The SMILES string of the molecule is CCOc1ccc(N2C(=O)NC(=O)C(=Cc3ccc(OC)c([N+](=O)[O-])c3)C2=O)cc1. The average Bonchev–Trinajstić information content (AvgIpc) is 2.72. The number of nitrogens with one attached hydrogen (secondary N) is 1. The van der Waals surface area contributed by atoms with Crippen LogP contribution in [-0.2, 0) is 9.59 Å². The number of rotatable bonds is 6. The molecule has 0 aliphatic carbocycles. The first-order valence-corrected chi connectivity index (χ1v) is 8.82. The molecule has 1 heterocycles. The number of imide groups is 2. The summed E-state index contributed by atoms with van der Waals surface area (Å²) in [6, 6.07) is 9.28. The summed E-state index contributed by atoms with van der Waals surface area (Å²) in [5, 5.41) is 13.3. The average molecular weight is 411 g/mol. The zero-order valence-corrected chi connectivity index (χ0v) is 16.1. The molecule has 1 N–H and O–H groups in total. The van der Waals surface area contributed by atoms with Gasteiger partial charge in [-0.15, -0.1) is 0 Å². The maximum atomic E-state index is 12.9. The molecule has 30 heavy (non-hydrogen) atoms. The molecule has 0 saturated carbocycles. The minimum Gasteiger partial charge on any atom is -0.494 e. The summed E-state index contributed by atoms with van der Waals surface area (Å²) in [7, 11) is 1.29. The third kappa shape index (κ3) is 3.97.